The zero-order chi connectivity index (χ0) is 18.4. The Morgan fingerprint density at radius 1 is 1.36 bits per heavy atom. The molecule has 0 atom stereocenters. The van der Waals surface area contributed by atoms with E-state index in [9.17, 15) is 19.1 Å². The standard InChI is InChI=1S/C17H19FN2O5/c1-3-4-7-25-17(23)14-5-6-19-20(14)10-11-8-12(16(21)22)15(24-2)9-13(11)18/h5-6,8-9H,3-4,7,10H2,1-2H3,(H,21,22). The first-order chi connectivity index (χ1) is 12.0. The molecule has 0 saturated carbocycles. The molecule has 8 heteroatoms. The van der Waals surface area contributed by atoms with Crippen LogP contribution in [-0.4, -0.2) is 40.5 Å². The molecule has 1 aromatic heterocycles. The van der Waals surface area contributed by atoms with Gasteiger partial charge in [0.15, 0.2) is 0 Å². The minimum atomic E-state index is -1.24. The molecule has 0 amide bonds. The number of aromatic nitrogens is 2. The number of nitrogens with zero attached hydrogens (tertiary/aromatic N) is 2. The average molecular weight is 350 g/mol. The lowest BCUT2D eigenvalue weighted by molar-refractivity contribution is 0.0485. The number of benzene rings is 1. The van der Waals surface area contributed by atoms with Gasteiger partial charge in [-0.25, -0.2) is 14.0 Å². The van der Waals surface area contributed by atoms with Gasteiger partial charge < -0.3 is 14.6 Å². The number of esters is 1. The molecule has 134 valence electrons. The van der Waals surface area contributed by atoms with Crippen LogP contribution in [0.3, 0.4) is 0 Å². The normalized spacial score (nSPS) is 10.5. The van der Waals surface area contributed by atoms with Gasteiger partial charge in [0.05, 0.1) is 20.3 Å². The quantitative estimate of drug-likeness (QED) is 0.581. The number of hydrogen-bond donors (Lipinski definition) is 1. The second-order valence-corrected chi connectivity index (χ2v) is 5.31. The van der Waals surface area contributed by atoms with Gasteiger partial charge in [-0.05, 0) is 18.6 Å². The minimum absolute atomic E-state index is 0.0736. The molecule has 0 fully saturated rings. The van der Waals surface area contributed by atoms with E-state index in [2.05, 4.69) is 5.10 Å². The first-order valence-corrected chi connectivity index (χ1v) is 7.76. The number of carbonyl (C=O) groups is 2. The van der Waals surface area contributed by atoms with E-state index >= 15 is 0 Å². The Hall–Kier alpha value is -2.90. The number of carboxylic acid groups (broad SMARTS) is 1. The van der Waals surface area contributed by atoms with Crippen molar-refractivity contribution in [3.05, 3.63) is 47.0 Å². The lowest BCUT2D eigenvalue weighted by atomic mass is 10.1. The fourth-order valence-electron chi connectivity index (χ4n) is 2.23. The highest BCUT2D eigenvalue weighted by Crippen LogP contribution is 2.24. The van der Waals surface area contributed by atoms with Gasteiger partial charge in [0.25, 0.3) is 0 Å². The van der Waals surface area contributed by atoms with Gasteiger partial charge in [-0.3, -0.25) is 4.68 Å². The number of carbonyl (C=O) groups excluding carboxylic acids is 1. The number of ether oxygens (including phenoxy) is 2. The Bertz CT molecular complexity index is 772. The van der Waals surface area contributed by atoms with Crippen molar-refractivity contribution >= 4 is 11.9 Å². The second kappa shape index (κ2) is 8.27. The molecule has 7 nitrogen and oxygen atoms in total. The molecule has 2 rings (SSSR count). The Balaban J connectivity index is 2.26. The molecular weight excluding hydrogens is 331 g/mol. The van der Waals surface area contributed by atoms with Crippen LogP contribution in [0.25, 0.3) is 0 Å². The number of aromatic carboxylic acids is 1. The van der Waals surface area contributed by atoms with Crippen LogP contribution in [0.2, 0.25) is 0 Å². The lowest BCUT2D eigenvalue weighted by Gasteiger charge is -2.11. The molecule has 2 aromatic rings. The van der Waals surface area contributed by atoms with E-state index in [-0.39, 0.29) is 29.1 Å². The van der Waals surface area contributed by atoms with Crippen molar-refractivity contribution in [3.63, 3.8) is 0 Å². The van der Waals surface area contributed by atoms with Crippen molar-refractivity contribution in [2.45, 2.75) is 26.3 Å². The van der Waals surface area contributed by atoms with E-state index in [1.54, 1.807) is 0 Å². The predicted molar refractivity (Wildman–Crippen MR) is 86.4 cm³/mol. The molecule has 0 saturated heterocycles. The molecule has 1 N–H and O–H groups in total. The number of methoxy groups -OCH3 is 1. The summed E-state index contributed by atoms with van der Waals surface area (Å²) in [5, 5.41) is 13.2. The SMILES string of the molecule is CCCCOC(=O)c1ccnn1Cc1cc(C(=O)O)c(OC)cc1F. The van der Waals surface area contributed by atoms with Crippen molar-refractivity contribution in [3.8, 4) is 5.75 Å². The molecule has 0 aliphatic carbocycles. The predicted octanol–water partition coefficient (Wildman–Crippen LogP) is 2.73. The van der Waals surface area contributed by atoms with Crippen LogP contribution in [0, 0.1) is 5.82 Å². The summed E-state index contributed by atoms with van der Waals surface area (Å²) in [5.41, 5.74) is 0.0748. The monoisotopic (exact) mass is 350 g/mol. The summed E-state index contributed by atoms with van der Waals surface area (Å²) >= 11 is 0. The topological polar surface area (TPSA) is 90.7 Å². The Morgan fingerprint density at radius 2 is 2.12 bits per heavy atom. The van der Waals surface area contributed by atoms with Gasteiger partial charge in [0.2, 0.25) is 0 Å². The van der Waals surface area contributed by atoms with Gasteiger partial charge in [0, 0.05) is 17.8 Å². The van der Waals surface area contributed by atoms with E-state index in [1.165, 1.54) is 30.1 Å². The maximum atomic E-state index is 14.2. The van der Waals surface area contributed by atoms with E-state index in [0.717, 1.165) is 18.9 Å². The maximum Gasteiger partial charge on any atom is 0.356 e. The van der Waals surface area contributed by atoms with Crippen LogP contribution in [0.4, 0.5) is 4.39 Å². The molecular formula is C17H19FN2O5. The van der Waals surface area contributed by atoms with Crippen LogP contribution in [0.15, 0.2) is 24.4 Å². The van der Waals surface area contributed by atoms with Crippen molar-refractivity contribution in [1.82, 2.24) is 9.78 Å². The third-order valence-corrected chi connectivity index (χ3v) is 3.58. The van der Waals surface area contributed by atoms with Crippen LogP contribution in [0.1, 0.15) is 46.2 Å². The van der Waals surface area contributed by atoms with Gasteiger partial charge in [-0.2, -0.15) is 5.10 Å². The molecule has 1 heterocycles. The summed E-state index contributed by atoms with van der Waals surface area (Å²) < 4.78 is 25.5. The molecule has 1 aromatic carbocycles. The van der Waals surface area contributed by atoms with E-state index in [4.69, 9.17) is 9.47 Å². The molecule has 0 aliphatic rings. The number of unbranched alkanes of at least 4 members (excludes halogenated alkanes) is 1. The summed E-state index contributed by atoms with van der Waals surface area (Å²) in [7, 11) is 1.26. The maximum absolute atomic E-state index is 14.2. The number of rotatable bonds is 8. The van der Waals surface area contributed by atoms with Gasteiger partial charge in [0.1, 0.15) is 22.8 Å². The van der Waals surface area contributed by atoms with E-state index in [1.807, 2.05) is 6.92 Å². The van der Waals surface area contributed by atoms with E-state index in [0.29, 0.717) is 6.61 Å². The first kappa shape index (κ1) is 18.4. The Kier molecular flexibility index (Phi) is 6.10. The van der Waals surface area contributed by atoms with Crippen LogP contribution in [-0.2, 0) is 11.3 Å². The lowest BCUT2D eigenvalue weighted by Crippen LogP contribution is -2.15. The van der Waals surface area contributed by atoms with Gasteiger partial charge in [-0.1, -0.05) is 13.3 Å². The second-order valence-electron chi connectivity index (χ2n) is 5.31. The van der Waals surface area contributed by atoms with Gasteiger partial charge in [-0.15, -0.1) is 0 Å². The highest BCUT2D eigenvalue weighted by molar-refractivity contribution is 5.91. The molecule has 0 spiro atoms. The van der Waals surface area contributed by atoms with Crippen LogP contribution in [0.5, 0.6) is 5.75 Å². The minimum Gasteiger partial charge on any atom is -0.496 e. The third kappa shape index (κ3) is 4.34. The summed E-state index contributed by atoms with van der Waals surface area (Å²) in [5.74, 6) is -2.52. The van der Waals surface area contributed by atoms with Crippen molar-refractivity contribution in [2.75, 3.05) is 13.7 Å². The zero-order valence-electron chi connectivity index (χ0n) is 14.0. The number of carboxylic acids is 1. The highest BCUT2D eigenvalue weighted by Gasteiger charge is 2.19. The van der Waals surface area contributed by atoms with Crippen molar-refractivity contribution < 1.29 is 28.6 Å². The fourth-order valence-corrected chi connectivity index (χ4v) is 2.23. The van der Waals surface area contributed by atoms with Crippen LogP contribution >= 0.6 is 0 Å². The molecule has 0 aliphatic heterocycles. The molecule has 0 unspecified atom stereocenters. The summed E-state index contributed by atoms with van der Waals surface area (Å²) in [6.07, 6.45) is 3.03. The Morgan fingerprint density at radius 3 is 2.76 bits per heavy atom. The van der Waals surface area contributed by atoms with Crippen LogP contribution < -0.4 is 4.74 Å². The molecule has 0 radical (unpaired) electrons. The van der Waals surface area contributed by atoms with Crippen molar-refractivity contribution in [2.24, 2.45) is 0 Å². The third-order valence-electron chi connectivity index (χ3n) is 3.58. The van der Waals surface area contributed by atoms with Crippen molar-refractivity contribution in [1.29, 1.82) is 0 Å². The number of halogens is 1. The fraction of sp³-hybridized carbons (Fsp3) is 0.353. The summed E-state index contributed by atoms with van der Waals surface area (Å²) in [4.78, 5) is 23.3. The average Bonchev–Trinajstić information content (AvgIpc) is 3.04. The smallest absolute Gasteiger partial charge is 0.356 e. The van der Waals surface area contributed by atoms with Gasteiger partial charge >= 0.3 is 11.9 Å². The Labute approximate surface area is 144 Å². The highest BCUT2D eigenvalue weighted by atomic mass is 19.1. The first-order valence-electron chi connectivity index (χ1n) is 7.76. The largest absolute Gasteiger partial charge is 0.496 e. The summed E-state index contributed by atoms with van der Waals surface area (Å²) in [6.45, 7) is 2.16. The van der Waals surface area contributed by atoms with E-state index < -0.39 is 17.8 Å². The zero-order valence-corrected chi connectivity index (χ0v) is 14.0. The molecule has 25 heavy (non-hydrogen) atoms. The summed E-state index contributed by atoms with van der Waals surface area (Å²) in [6, 6.07) is 3.64. The number of hydrogen-bond acceptors (Lipinski definition) is 5. The molecule has 0 bridgehead atoms.